The molecule has 1 N–H and O–H groups in total. The number of nitrogens with zero attached hydrogens (tertiary/aromatic N) is 1. The van der Waals surface area contributed by atoms with Gasteiger partial charge in [-0.3, -0.25) is 0 Å². The molecule has 1 saturated heterocycles. The van der Waals surface area contributed by atoms with Crippen LogP contribution in [0.3, 0.4) is 0 Å². The highest BCUT2D eigenvalue weighted by molar-refractivity contribution is 4.76. The highest BCUT2D eigenvalue weighted by atomic mass is 16.5. The van der Waals surface area contributed by atoms with Crippen LogP contribution >= 0.6 is 0 Å². The lowest BCUT2D eigenvalue weighted by atomic mass is 9.85. The Hall–Kier alpha value is -0.120. The molecule has 18 heavy (non-hydrogen) atoms. The zero-order chi connectivity index (χ0) is 13.3. The number of likely N-dealkylation sites (tertiary alicyclic amines) is 1. The quantitative estimate of drug-likeness (QED) is 0.675. The van der Waals surface area contributed by atoms with Crippen molar-refractivity contribution in [1.29, 1.82) is 0 Å². The van der Waals surface area contributed by atoms with Crippen LogP contribution in [0.1, 0.15) is 46.5 Å². The summed E-state index contributed by atoms with van der Waals surface area (Å²) in [5, 5.41) is 3.51. The molecular weight excluding hydrogens is 224 g/mol. The van der Waals surface area contributed by atoms with Gasteiger partial charge in [-0.25, -0.2) is 0 Å². The van der Waals surface area contributed by atoms with Crippen LogP contribution in [-0.2, 0) is 4.74 Å². The van der Waals surface area contributed by atoms with Crippen molar-refractivity contribution in [2.24, 2.45) is 5.41 Å². The molecule has 1 heterocycles. The van der Waals surface area contributed by atoms with E-state index in [0.717, 1.165) is 32.7 Å². The maximum absolute atomic E-state index is 5.32. The highest BCUT2D eigenvalue weighted by Gasteiger charge is 2.22. The first kappa shape index (κ1) is 15.9. The SMILES string of the molecule is CCOCCCNCCN1CCCC(C)(C)CC1. The number of ether oxygens (including phenoxy) is 1. The first-order chi connectivity index (χ1) is 8.64. The lowest BCUT2D eigenvalue weighted by Gasteiger charge is -2.23. The van der Waals surface area contributed by atoms with E-state index in [4.69, 9.17) is 4.74 Å². The monoisotopic (exact) mass is 256 g/mol. The van der Waals surface area contributed by atoms with Crippen LogP contribution in [0.25, 0.3) is 0 Å². The highest BCUT2D eigenvalue weighted by Crippen LogP contribution is 2.29. The van der Waals surface area contributed by atoms with E-state index in [1.165, 1.54) is 38.9 Å². The number of hydrogen-bond donors (Lipinski definition) is 1. The van der Waals surface area contributed by atoms with Gasteiger partial charge in [-0.1, -0.05) is 13.8 Å². The molecule has 3 nitrogen and oxygen atoms in total. The van der Waals surface area contributed by atoms with Crippen molar-refractivity contribution in [1.82, 2.24) is 10.2 Å². The summed E-state index contributed by atoms with van der Waals surface area (Å²) in [6.07, 6.45) is 5.21. The Morgan fingerprint density at radius 3 is 2.78 bits per heavy atom. The van der Waals surface area contributed by atoms with Crippen molar-refractivity contribution in [3.63, 3.8) is 0 Å². The van der Waals surface area contributed by atoms with Crippen LogP contribution in [0.2, 0.25) is 0 Å². The van der Waals surface area contributed by atoms with Gasteiger partial charge in [0.1, 0.15) is 0 Å². The van der Waals surface area contributed by atoms with Crippen LogP contribution in [0, 0.1) is 5.41 Å². The Labute approximate surface area is 113 Å². The van der Waals surface area contributed by atoms with Crippen LogP contribution < -0.4 is 5.32 Å². The van der Waals surface area contributed by atoms with E-state index in [1.807, 2.05) is 6.92 Å². The predicted molar refractivity (Wildman–Crippen MR) is 78.1 cm³/mol. The fourth-order valence-electron chi connectivity index (χ4n) is 2.51. The number of nitrogens with one attached hydrogen (secondary N) is 1. The number of hydrogen-bond acceptors (Lipinski definition) is 3. The van der Waals surface area contributed by atoms with E-state index in [9.17, 15) is 0 Å². The molecule has 0 aromatic heterocycles. The summed E-state index contributed by atoms with van der Waals surface area (Å²) >= 11 is 0. The maximum atomic E-state index is 5.32. The van der Waals surface area contributed by atoms with E-state index in [1.54, 1.807) is 0 Å². The van der Waals surface area contributed by atoms with Crippen molar-refractivity contribution in [2.75, 3.05) is 45.9 Å². The topological polar surface area (TPSA) is 24.5 Å². The number of rotatable bonds is 8. The summed E-state index contributed by atoms with van der Waals surface area (Å²) < 4.78 is 5.32. The van der Waals surface area contributed by atoms with Crippen molar-refractivity contribution < 1.29 is 4.74 Å². The molecule has 1 aliphatic rings. The van der Waals surface area contributed by atoms with Gasteiger partial charge in [-0.2, -0.15) is 0 Å². The van der Waals surface area contributed by atoms with Crippen LogP contribution in [0.15, 0.2) is 0 Å². The van der Waals surface area contributed by atoms with Gasteiger partial charge in [0.2, 0.25) is 0 Å². The minimum atomic E-state index is 0.555. The molecule has 108 valence electrons. The Morgan fingerprint density at radius 2 is 2.00 bits per heavy atom. The van der Waals surface area contributed by atoms with Gasteiger partial charge >= 0.3 is 0 Å². The molecule has 1 rings (SSSR count). The largest absolute Gasteiger partial charge is 0.382 e. The third kappa shape index (κ3) is 7.34. The van der Waals surface area contributed by atoms with Crippen molar-refractivity contribution in [2.45, 2.75) is 46.5 Å². The van der Waals surface area contributed by atoms with Gasteiger partial charge in [-0.15, -0.1) is 0 Å². The van der Waals surface area contributed by atoms with Gasteiger partial charge in [0, 0.05) is 26.3 Å². The minimum Gasteiger partial charge on any atom is -0.382 e. The molecule has 1 fully saturated rings. The fraction of sp³-hybridized carbons (Fsp3) is 1.00. The summed E-state index contributed by atoms with van der Waals surface area (Å²) in [6, 6.07) is 0. The minimum absolute atomic E-state index is 0.555. The standard InChI is InChI=1S/C15H32N2O/c1-4-18-14-6-9-16-10-13-17-11-5-7-15(2,3)8-12-17/h16H,4-14H2,1-3H3. The molecule has 0 saturated carbocycles. The van der Waals surface area contributed by atoms with Crippen molar-refractivity contribution >= 4 is 0 Å². The van der Waals surface area contributed by atoms with Gasteiger partial charge in [-0.05, 0) is 57.7 Å². The molecule has 0 spiro atoms. The van der Waals surface area contributed by atoms with Crippen LogP contribution in [-0.4, -0.2) is 50.8 Å². The molecule has 0 amide bonds. The Kier molecular flexibility index (Phi) is 7.87. The zero-order valence-electron chi connectivity index (χ0n) is 12.6. The Bertz CT molecular complexity index is 207. The molecule has 1 aliphatic heterocycles. The lowest BCUT2D eigenvalue weighted by molar-refractivity contribution is 0.144. The molecule has 0 radical (unpaired) electrons. The molecule has 0 aromatic carbocycles. The molecule has 0 atom stereocenters. The van der Waals surface area contributed by atoms with Crippen molar-refractivity contribution in [3.8, 4) is 0 Å². The molecular formula is C15H32N2O. The third-order valence-corrected chi connectivity index (χ3v) is 3.88. The molecule has 0 aliphatic carbocycles. The lowest BCUT2D eigenvalue weighted by Crippen LogP contribution is -2.33. The average Bonchev–Trinajstić information content (AvgIpc) is 2.50. The Morgan fingerprint density at radius 1 is 1.17 bits per heavy atom. The van der Waals surface area contributed by atoms with E-state index in [-0.39, 0.29) is 0 Å². The molecule has 0 unspecified atom stereocenters. The van der Waals surface area contributed by atoms with Gasteiger partial charge in [0.15, 0.2) is 0 Å². The van der Waals surface area contributed by atoms with Gasteiger partial charge in [0.05, 0.1) is 0 Å². The van der Waals surface area contributed by atoms with Gasteiger partial charge < -0.3 is 15.0 Å². The summed E-state index contributed by atoms with van der Waals surface area (Å²) in [5.41, 5.74) is 0.555. The van der Waals surface area contributed by atoms with Crippen LogP contribution in [0.5, 0.6) is 0 Å². The second-order valence-electron chi connectivity index (χ2n) is 6.16. The third-order valence-electron chi connectivity index (χ3n) is 3.88. The summed E-state index contributed by atoms with van der Waals surface area (Å²) in [7, 11) is 0. The van der Waals surface area contributed by atoms with E-state index in [0.29, 0.717) is 5.41 Å². The molecule has 0 bridgehead atoms. The predicted octanol–water partition coefficient (Wildman–Crippen LogP) is 2.51. The molecule has 0 aromatic rings. The Balaban J connectivity index is 1.99. The van der Waals surface area contributed by atoms with Gasteiger partial charge in [0.25, 0.3) is 0 Å². The summed E-state index contributed by atoms with van der Waals surface area (Å²) in [4.78, 5) is 2.62. The second-order valence-corrected chi connectivity index (χ2v) is 6.16. The second kappa shape index (κ2) is 8.89. The van der Waals surface area contributed by atoms with E-state index < -0.39 is 0 Å². The normalized spacial score (nSPS) is 20.8. The maximum Gasteiger partial charge on any atom is 0.0477 e. The first-order valence-electron chi connectivity index (χ1n) is 7.65. The van der Waals surface area contributed by atoms with Crippen LogP contribution in [0.4, 0.5) is 0 Å². The van der Waals surface area contributed by atoms with Crippen molar-refractivity contribution in [3.05, 3.63) is 0 Å². The first-order valence-corrected chi connectivity index (χ1v) is 7.65. The summed E-state index contributed by atoms with van der Waals surface area (Å²) in [6.45, 7) is 14.5. The van der Waals surface area contributed by atoms with E-state index in [2.05, 4.69) is 24.1 Å². The zero-order valence-corrected chi connectivity index (χ0v) is 12.6. The van der Waals surface area contributed by atoms with E-state index >= 15 is 0 Å². The molecule has 3 heteroatoms. The average molecular weight is 256 g/mol. The smallest absolute Gasteiger partial charge is 0.0477 e. The summed E-state index contributed by atoms with van der Waals surface area (Å²) in [5.74, 6) is 0. The fourth-order valence-corrected chi connectivity index (χ4v) is 2.51.